The van der Waals surface area contributed by atoms with Crippen molar-refractivity contribution in [2.75, 3.05) is 6.61 Å². The number of carbonyl (C=O) groups is 1. The fourth-order valence-electron chi connectivity index (χ4n) is 2.06. The molecule has 1 saturated heterocycles. The Balaban J connectivity index is 2.12. The van der Waals surface area contributed by atoms with Crippen LogP contribution in [0, 0.1) is 5.92 Å². The summed E-state index contributed by atoms with van der Waals surface area (Å²) in [6, 6.07) is 0. The van der Waals surface area contributed by atoms with Gasteiger partial charge in [-0.25, -0.2) is 0 Å². The fourth-order valence-corrected chi connectivity index (χ4v) is 2.06. The Kier molecular flexibility index (Phi) is 5.65. The summed E-state index contributed by atoms with van der Waals surface area (Å²) in [6.07, 6.45) is 9.33. The summed E-state index contributed by atoms with van der Waals surface area (Å²) in [6.45, 7) is 2.87. The Hall–Kier alpha value is -0.530. The Bertz CT molecular complexity index is 166. The number of hydrogen-bond acceptors (Lipinski definition) is 2. The molecule has 0 aliphatic carbocycles. The lowest BCUT2D eigenvalue weighted by molar-refractivity contribution is -0.143. The molecule has 1 aliphatic heterocycles. The number of ether oxygens (including phenoxy) is 1. The van der Waals surface area contributed by atoms with Crippen LogP contribution in [0.3, 0.4) is 0 Å². The van der Waals surface area contributed by atoms with Gasteiger partial charge in [0.1, 0.15) is 0 Å². The van der Waals surface area contributed by atoms with Crippen molar-refractivity contribution in [1.29, 1.82) is 0 Å². The summed E-state index contributed by atoms with van der Waals surface area (Å²) >= 11 is 0. The van der Waals surface area contributed by atoms with Gasteiger partial charge in [0.2, 0.25) is 0 Å². The summed E-state index contributed by atoms with van der Waals surface area (Å²) in [5.41, 5.74) is 0. The standard InChI is InChI=1S/C12H22O2/c1-2-3-4-5-7-11-8-6-9-14-12(13)10-11/h11H,2-10H2,1H3/t11-/m1/s1. The highest BCUT2D eigenvalue weighted by Crippen LogP contribution is 2.22. The van der Waals surface area contributed by atoms with Crippen molar-refractivity contribution in [2.45, 2.75) is 58.3 Å². The molecule has 0 aromatic heterocycles. The molecule has 2 nitrogen and oxygen atoms in total. The summed E-state index contributed by atoms with van der Waals surface area (Å²) < 4.78 is 5.02. The number of esters is 1. The van der Waals surface area contributed by atoms with E-state index >= 15 is 0 Å². The minimum absolute atomic E-state index is 0.0167. The largest absolute Gasteiger partial charge is 0.466 e. The fraction of sp³-hybridized carbons (Fsp3) is 0.917. The van der Waals surface area contributed by atoms with Gasteiger partial charge >= 0.3 is 5.97 Å². The second-order valence-corrected chi connectivity index (χ2v) is 4.28. The first-order chi connectivity index (χ1) is 6.83. The molecule has 0 amide bonds. The zero-order valence-electron chi connectivity index (χ0n) is 9.26. The Labute approximate surface area is 87.0 Å². The van der Waals surface area contributed by atoms with Crippen LogP contribution in [-0.4, -0.2) is 12.6 Å². The summed E-state index contributed by atoms with van der Waals surface area (Å²) in [5, 5.41) is 0. The van der Waals surface area contributed by atoms with Gasteiger partial charge in [-0.1, -0.05) is 32.6 Å². The van der Waals surface area contributed by atoms with Crippen LogP contribution in [-0.2, 0) is 9.53 Å². The maximum atomic E-state index is 11.2. The maximum Gasteiger partial charge on any atom is 0.306 e. The molecule has 1 aliphatic rings. The van der Waals surface area contributed by atoms with Crippen LogP contribution in [0.5, 0.6) is 0 Å². The maximum absolute atomic E-state index is 11.2. The molecule has 1 fully saturated rings. The van der Waals surface area contributed by atoms with Crippen LogP contribution < -0.4 is 0 Å². The van der Waals surface area contributed by atoms with Crippen LogP contribution in [0.2, 0.25) is 0 Å². The van der Waals surface area contributed by atoms with Crippen molar-refractivity contribution in [2.24, 2.45) is 5.92 Å². The van der Waals surface area contributed by atoms with Crippen molar-refractivity contribution < 1.29 is 9.53 Å². The normalized spacial score (nSPS) is 22.9. The van der Waals surface area contributed by atoms with Gasteiger partial charge in [-0.2, -0.15) is 0 Å². The monoisotopic (exact) mass is 198 g/mol. The van der Waals surface area contributed by atoms with E-state index < -0.39 is 0 Å². The quantitative estimate of drug-likeness (QED) is 0.500. The number of rotatable bonds is 5. The number of cyclic esters (lactones) is 1. The SMILES string of the molecule is CCCCCC[C@@H]1CCCOC(=O)C1. The zero-order valence-corrected chi connectivity index (χ0v) is 9.26. The second kappa shape index (κ2) is 6.86. The summed E-state index contributed by atoms with van der Waals surface area (Å²) in [4.78, 5) is 11.2. The molecule has 0 aromatic carbocycles. The van der Waals surface area contributed by atoms with E-state index in [1.54, 1.807) is 0 Å². The molecule has 14 heavy (non-hydrogen) atoms. The van der Waals surface area contributed by atoms with E-state index in [0.29, 0.717) is 18.9 Å². The molecule has 1 atom stereocenters. The molecule has 82 valence electrons. The third kappa shape index (κ3) is 4.64. The molecule has 0 bridgehead atoms. The van der Waals surface area contributed by atoms with E-state index in [2.05, 4.69) is 6.92 Å². The van der Waals surface area contributed by atoms with E-state index in [-0.39, 0.29) is 5.97 Å². The molecule has 0 N–H and O–H groups in total. The first kappa shape index (κ1) is 11.5. The molecule has 0 unspecified atom stereocenters. The predicted molar refractivity (Wildman–Crippen MR) is 57.1 cm³/mol. The number of hydrogen-bond donors (Lipinski definition) is 0. The van der Waals surface area contributed by atoms with E-state index in [0.717, 1.165) is 6.42 Å². The molecule has 0 radical (unpaired) electrons. The van der Waals surface area contributed by atoms with Crippen LogP contribution in [0.15, 0.2) is 0 Å². The highest BCUT2D eigenvalue weighted by atomic mass is 16.5. The Morgan fingerprint density at radius 1 is 1.36 bits per heavy atom. The number of carbonyl (C=O) groups excluding carboxylic acids is 1. The molecule has 2 heteroatoms. The van der Waals surface area contributed by atoms with Crippen molar-refractivity contribution in [3.05, 3.63) is 0 Å². The van der Waals surface area contributed by atoms with Crippen LogP contribution >= 0.6 is 0 Å². The lowest BCUT2D eigenvalue weighted by Crippen LogP contribution is -2.06. The molecule has 1 rings (SSSR count). The van der Waals surface area contributed by atoms with Crippen LogP contribution in [0.1, 0.15) is 58.3 Å². The molecular formula is C12H22O2. The molecule has 0 aromatic rings. The van der Waals surface area contributed by atoms with Gasteiger partial charge in [0.25, 0.3) is 0 Å². The predicted octanol–water partition coefficient (Wildman–Crippen LogP) is 3.30. The van der Waals surface area contributed by atoms with Gasteiger partial charge in [-0.05, 0) is 25.2 Å². The smallest absolute Gasteiger partial charge is 0.306 e. The van der Waals surface area contributed by atoms with Gasteiger partial charge < -0.3 is 4.74 Å². The molecule has 0 saturated carbocycles. The van der Waals surface area contributed by atoms with Crippen LogP contribution in [0.25, 0.3) is 0 Å². The van der Waals surface area contributed by atoms with Gasteiger partial charge in [-0.15, -0.1) is 0 Å². The zero-order chi connectivity index (χ0) is 10.2. The Morgan fingerprint density at radius 3 is 3.00 bits per heavy atom. The van der Waals surface area contributed by atoms with Gasteiger partial charge in [0.05, 0.1) is 6.61 Å². The van der Waals surface area contributed by atoms with Crippen molar-refractivity contribution in [3.8, 4) is 0 Å². The minimum atomic E-state index is 0.0167. The first-order valence-corrected chi connectivity index (χ1v) is 5.98. The summed E-state index contributed by atoms with van der Waals surface area (Å²) in [7, 11) is 0. The number of unbranched alkanes of at least 4 members (excludes halogenated alkanes) is 3. The van der Waals surface area contributed by atoms with E-state index in [1.807, 2.05) is 0 Å². The minimum Gasteiger partial charge on any atom is -0.466 e. The highest BCUT2D eigenvalue weighted by molar-refractivity contribution is 5.69. The van der Waals surface area contributed by atoms with Crippen LogP contribution in [0.4, 0.5) is 0 Å². The van der Waals surface area contributed by atoms with E-state index in [1.165, 1.54) is 38.5 Å². The lowest BCUT2D eigenvalue weighted by atomic mass is 9.94. The molecule has 1 heterocycles. The average Bonchev–Trinajstić information content (AvgIpc) is 2.38. The molecule has 0 spiro atoms. The van der Waals surface area contributed by atoms with Gasteiger partial charge in [0.15, 0.2) is 0 Å². The lowest BCUT2D eigenvalue weighted by Gasteiger charge is -2.10. The topological polar surface area (TPSA) is 26.3 Å². The third-order valence-electron chi connectivity index (χ3n) is 2.94. The molecular weight excluding hydrogens is 176 g/mol. The van der Waals surface area contributed by atoms with Gasteiger partial charge in [0, 0.05) is 6.42 Å². The van der Waals surface area contributed by atoms with E-state index in [9.17, 15) is 4.79 Å². The average molecular weight is 198 g/mol. The van der Waals surface area contributed by atoms with Crippen molar-refractivity contribution in [1.82, 2.24) is 0 Å². The van der Waals surface area contributed by atoms with Crippen molar-refractivity contribution in [3.63, 3.8) is 0 Å². The first-order valence-electron chi connectivity index (χ1n) is 5.98. The Morgan fingerprint density at radius 2 is 2.21 bits per heavy atom. The van der Waals surface area contributed by atoms with E-state index in [4.69, 9.17) is 4.74 Å². The second-order valence-electron chi connectivity index (χ2n) is 4.28. The van der Waals surface area contributed by atoms with Gasteiger partial charge in [-0.3, -0.25) is 4.79 Å². The third-order valence-corrected chi connectivity index (χ3v) is 2.94. The summed E-state index contributed by atoms with van der Waals surface area (Å²) in [5.74, 6) is 0.616. The highest BCUT2D eigenvalue weighted by Gasteiger charge is 2.17. The van der Waals surface area contributed by atoms with Crippen molar-refractivity contribution >= 4 is 5.97 Å².